The number of esters is 3. The van der Waals surface area contributed by atoms with Crippen molar-refractivity contribution in [3.05, 3.63) is 71.8 Å². The van der Waals surface area contributed by atoms with Gasteiger partial charge in [-0.25, -0.2) is 9.59 Å². The first-order valence-electron chi connectivity index (χ1n) is 12.0. The zero-order valence-corrected chi connectivity index (χ0v) is 22.1. The molecule has 0 fully saturated rings. The van der Waals surface area contributed by atoms with E-state index in [0.29, 0.717) is 11.1 Å². The third kappa shape index (κ3) is 7.54. The molecule has 0 radical (unpaired) electrons. The molecule has 2 aromatic carbocycles. The summed E-state index contributed by atoms with van der Waals surface area (Å²) >= 11 is 0. The van der Waals surface area contributed by atoms with Crippen LogP contribution in [-0.2, 0) is 46.6 Å². The van der Waals surface area contributed by atoms with Crippen molar-refractivity contribution in [3.63, 3.8) is 0 Å². The van der Waals surface area contributed by atoms with Crippen LogP contribution in [-0.4, -0.2) is 52.6 Å². The highest BCUT2D eigenvalue weighted by Crippen LogP contribution is 2.40. The Bertz CT molecular complexity index is 1190. The van der Waals surface area contributed by atoms with Crippen molar-refractivity contribution in [3.8, 4) is 0 Å². The summed E-state index contributed by atoms with van der Waals surface area (Å²) in [6.45, 7) is 3.26. The predicted octanol–water partition coefficient (Wildman–Crippen LogP) is 1.25. The highest BCUT2D eigenvalue weighted by molar-refractivity contribution is 6.17. The second kappa shape index (κ2) is 12.9. The van der Waals surface area contributed by atoms with Crippen molar-refractivity contribution in [1.29, 1.82) is 0 Å². The molecule has 12 heteroatoms. The first kappa shape index (κ1) is 30.8. The molecule has 2 rings (SSSR count). The predicted molar refractivity (Wildman–Crippen MR) is 141 cm³/mol. The summed E-state index contributed by atoms with van der Waals surface area (Å²) in [6, 6.07) is 16.7. The van der Waals surface area contributed by atoms with Crippen LogP contribution >= 0.6 is 0 Å². The Morgan fingerprint density at radius 2 is 1.26 bits per heavy atom. The smallest absolute Gasteiger partial charge is 0.340 e. The molecular weight excluding hydrogens is 508 g/mol. The highest BCUT2D eigenvalue weighted by atomic mass is 16.6. The van der Waals surface area contributed by atoms with E-state index in [0.717, 1.165) is 0 Å². The van der Waals surface area contributed by atoms with Gasteiger partial charge in [-0.15, -0.1) is 0 Å². The Kier molecular flexibility index (Phi) is 10.2. The van der Waals surface area contributed by atoms with Crippen LogP contribution in [0.2, 0.25) is 0 Å². The topological polar surface area (TPSA) is 207 Å². The molecule has 0 saturated carbocycles. The molecule has 0 heterocycles. The highest BCUT2D eigenvalue weighted by Gasteiger charge is 2.71. The Hall–Kier alpha value is -4.45. The maximum atomic E-state index is 13.8. The molecule has 1 unspecified atom stereocenters. The number of carbonyl (C=O) groups is 4. The molecular formula is C27H34N4O8. The van der Waals surface area contributed by atoms with Crippen molar-refractivity contribution in [2.24, 2.45) is 27.6 Å². The van der Waals surface area contributed by atoms with Gasteiger partial charge < -0.3 is 36.5 Å². The Labute approximate surface area is 226 Å². The minimum Gasteiger partial charge on any atom is -0.479 e. The number of nitrogens with two attached hydrogens (primary N) is 3. The number of guanidine groups is 1. The monoisotopic (exact) mass is 542 g/mol. The van der Waals surface area contributed by atoms with Gasteiger partial charge in [-0.1, -0.05) is 60.7 Å². The van der Waals surface area contributed by atoms with E-state index >= 15 is 0 Å². The Morgan fingerprint density at radius 1 is 0.795 bits per heavy atom. The SMILES string of the molecule is CC(C)(C)OC(=O)C(CCN=C(N)N)(C(=O)OCc1ccccc1)[C@](N)(C(=O)O)C(=O)OCc1ccccc1. The van der Waals surface area contributed by atoms with E-state index in [4.69, 9.17) is 31.4 Å². The first-order valence-corrected chi connectivity index (χ1v) is 12.0. The molecule has 210 valence electrons. The summed E-state index contributed by atoms with van der Waals surface area (Å²) in [7, 11) is 0. The molecule has 7 N–H and O–H groups in total. The van der Waals surface area contributed by atoms with Crippen molar-refractivity contribution in [2.45, 2.75) is 51.5 Å². The fourth-order valence-corrected chi connectivity index (χ4v) is 3.65. The van der Waals surface area contributed by atoms with Gasteiger partial charge in [-0.05, 0) is 38.3 Å². The first-order chi connectivity index (χ1) is 18.2. The summed E-state index contributed by atoms with van der Waals surface area (Å²) in [4.78, 5) is 57.5. The van der Waals surface area contributed by atoms with Crippen LogP contribution < -0.4 is 17.2 Å². The van der Waals surface area contributed by atoms with Gasteiger partial charge in [-0.2, -0.15) is 0 Å². The van der Waals surface area contributed by atoms with Crippen LogP contribution in [0.3, 0.4) is 0 Å². The number of rotatable bonds is 12. The van der Waals surface area contributed by atoms with E-state index in [-0.39, 0.29) is 13.2 Å². The van der Waals surface area contributed by atoms with Crippen LogP contribution in [0.5, 0.6) is 0 Å². The maximum absolute atomic E-state index is 13.8. The zero-order chi connectivity index (χ0) is 29.3. The second-order valence-corrected chi connectivity index (χ2v) is 9.70. The average Bonchev–Trinajstić information content (AvgIpc) is 2.87. The van der Waals surface area contributed by atoms with Gasteiger partial charge >= 0.3 is 23.9 Å². The van der Waals surface area contributed by atoms with Crippen LogP contribution in [0.25, 0.3) is 0 Å². The number of hydrogen-bond donors (Lipinski definition) is 4. The molecule has 0 amide bonds. The van der Waals surface area contributed by atoms with Crippen LogP contribution in [0.4, 0.5) is 0 Å². The fraction of sp³-hybridized carbons (Fsp3) is 0.370. The average molecular weight is 543 g/mol. The zero-order valence-electron chi connectivity index (χ0n) is 22.1. The number of carboxylic acids is 1. The van der Waals surface area contributed by atoms with Gasteiger partial charge in [0.25, 0.3) is 0 Å². The fourth-order valence-electron chi connectivity index (χ4n) is 3.65. The molecule has 39 heavy (non-hydrogen) atoms. The molecule has 0 saturated heterocycles. The van der Waals surface area contributed by atoms with Crippen LogP contribution in [0.1, 0.15) is 38.3 Å². The van der Waals surface area contributed by atoms with E-state index in [9.17, 15) is 24.3 Å². The Balaban J connectivity index is 2.65. The van der Waals surface area contributed by atoms with E-state index < -0.39 is 59.4 Å². The lowest BCUT2D eigenvalue weighted by atomic mass is 9.66. The quantitative estimate of drug-likeness (QED) is 0.0986. The molecule has 0 aromatic heterocycles. The standard InChI is InChI=1S/C27H34N4O8/c1-25(2,3)39-22(35)26(14-15-31-24(28)29,21(34)37-16-18-10-6-4-7-11-18)27(30,20(32)33)23(36)38-17-19-12-8-5-9-13-19/h4-13H,14-17,30H2,1-3H3,(H,32,33)(H4,28,29,31)/t26?,27-/m0/s1. The lowest BCUT2D eigenvalue weighted by Gasteiger charge is -2.40. The van der Waals surface area contributed by atoms with Crippen LogP contribution in [0, 0.1) is 5.41 Å². The number of benzene rings is 2. The molecule has 12 nitrogen and oxygen atoms in total. The van der Waals surface area contributed by atoms with E-state index in [1.54, 1.807) is 60.7 Å². The number of nitrogens with zero attached hydrogens (tertiary/aromatic N) is 1. The van der Waals surface area contributed by atoms with Gasteiger partial charge in [0.05, 0.1) is 0 Å². The molecule has 2 atom stereocenters. The van der Waals surface area contributed by atoms with Crippen molar-refractivity contribution in [1.82, 2.24) is 0 Å². The number of aliphatic carboxylic acids is 1. The number of aliphatic imine (C=N–C) groups is 1. The second-order valence-electron chi connectivity index (χ2n) is 9.70. The van der Waals surface area contributed by atoms with Gasteiger partial charge in [0, 0.05) is 6.54 Å². The molecule has 0 aliphatic heterocycles. The summed E-state index contributed by atoms with van der Waals surface area (Å²) in [5.41, 5.74) is 10.6. The number of hydrogen-bond acceptors (Lipinski definition) is 9. The van der Waals surface area contributed by atoms with Crippen molar-refractivity contribution >= 4 is 29.8 Å². The molecule has 0 bridgehead atoms. The normalized spacial score (nSPS) is 14.2. The third-order valence-corrected chi connectivity index (χ3v) is 5.63. The lowest BCUT2D eigenvalue weighted by molar-refractivity contribution is -0.198. The number of carbonyl (C=O) groups excluding carboxylic acids is 3. The van der Waals surface area contributed by atoms with Gasteiger partial charge in [0.2, 0.25) is 11.0 Å². The maximum Gasteiger partial charge on any atom is 0.340 e. The lowest BCUT2D eigenvalue weighted by Crippen LogP contribution is -2.73. The van der Waals surface area contributed by atoms with Crippen molar-refractivity contribution in [2.75, 3.05) is 6.54 Å². The van der Waals surface area contributed by atoms with Crippen LogP contribution in [0.15, 0.2) is 65.7 Å². The summed E-state index contributed by atoms with van der Waals surface area (Å²) < 4.78 is 16.1. The number of carboxylic acid groups (broad SMARTS) is 1. The summed E-state index contributed by atoms with van der Waals surface area (Å²) in [5.74, 6) is -6.83. The molecule has 0 aliphatic carbocycles. The summed E-state index contributed by atoms with van der Waals surface area (Å²) in [6.07, 6.45) is -0.753. The third-order valence-electron chi connectivity index (χ3n) is 5.63. The molecule has 0 spiro atoms. The van der Waals surface area contributed by atoms with Gasteiger partial charge in [-0.3, -0.25) is 14.6 Å². The molecule has 0 aliphatic rings. The van der Waals surface area contributed by atoms with Crippen molar-refractivity contribution < 1.29 is 38.5 Å². The number of ether oxygens (including phenoxy) is 3. The largest absolute Gasteiger partial charge is 0.479 e. The van der Waals surface area contributed by atoms with E-state index in [1.807, 2.05) is 0 Å². The van der Waals surface area contributed by atoms with Gasteiger partial charge in [0.1, 0.15) is 18.8 Å². The summed E-state index contributed by atoms with van der Waals surface area (Å²) in [5, 5.41) is 10.3. The Morgan fingerprint density at radius 3 is 1.67 bits per heavy atom. The van der Waals surface area contributed by atoms with E-state index in [1.165, 1.54) is 20.8 Å². The van der Waals surface area contributed by atoms with Gasteiger partial charge in [0.15, 0.2) is 5.96 Å². The molecule has 2 aromatic rings. The minimum atomic E-state index is -3.29. The minimum absolute atomic E-state index is 0.360. The van der Waals surface area contributed by atoms with E-state index in [2.05, 4.69) is 4.99 Å².